The number of carbonyl (C=O) groups excluding carboxylic acids is 1. The second-order valence-electron chi connectivity index (χ2n) is 7.61. The molecule has 0 unspecified atom stereocenters. The summed E-state index contributed by atoms with van der Waals surface area (Å²) in [7, 11) is 0. The minimum atomic E-state index is -0.469. The van der Waals surface area contributed by atoms with Gasteiger partial charge in [0.05, 0.1) is 24.3 Å². The van der Waals surface area contributed by atoms with Crippen LogP contribution >= 0.6 is 0 Å². The third-order valence-corrected chi connectivity index (χ3v) is 5.32. The van der Waals surface area contributed by atoms with Crippen molar-refractivity contribution in [1.29, 1.82) is 0 Å². The number of amides is 1. The summed E-state index contributed by atoms with van der Waals surface area (Å²) >= 11 is 0. The summed E-state index contributed by atoms with van der Waals surface area (Å²) in [5, 5.41) is 26.2. The second kappa shape index (κ2) is 8.29. The molecule has 4 rings (SSSR count). The van der Waals surface area contributed by atoms with Gasteiger partial charge in [0, 0.05) is 23.3 Å². The van der Waals surface area contributed by atoms with E-state index in [0.717, 1.165) is 39.0 Å². The van der Waals surface area contributed by atoms with Gasteiger partial charge in [0.15, 0.2) is 0 Å². The molecule has 2 aromatic carbocycles. The van der Waals surface area contributed by atoms with E-state index in [9.17, 15) is 15.0 Å². The number of aliphatic hydroxyl groups is 2. The molecule has 0 radical (unpaired) electrons. The van der Waals surface area contributed by atoms with Crippen LogP contribution in [0.1, 0.15) is 28.8 Å². The molecule has 4 N–H and O–H groups in total. The normalized spacial score (nSPS) is 18.9. The van der Waals surface area contributed by atoms with Crippen molar-refractivity contribution in [1.82, 2.24) is 10.3 Å². The van der Waals surface area contributed by atoms with Gasteiger partial charge < -0.3 is 20.8 Å². The molecular formula is C23H25N3O3. The van der Waals surface area contributed by atoms with Crippen molar-refractivity contribution in [2.24, 2.45) is 0 Å². The number of aryl methyl sites for hydroxylation is 1. The largest absolute Gasteiger partial charge is 0.392 e. The van der Waals surface area contributed by atoms with E-state index >= 15 is 0 Å². The number of benzene rings is 2. The lowest BCUT2D eigenvalue weighted by Crippen LogP contribution is -2.35. The highest BCUT2D eigenvalue weighted by Crippen LogP contribution is 2.25. The van der Waals surface area contributed by atoms with Crippen LogP contribution in [0.5, 0.6) is 0 Å². The molecule has 6 nitrogen and oxygen atoms in total. The van der Waals surface area contributed by atoms with Crippen molar-refractivity contribution < 1.29 is 15.0 Å². The Bertz CT molecular complexity index is 1050. The van der Waals surface area contributed by atoms with Gasteiger partial charge in [-0.05, 0) is 54.7 Å². The molecule has 6 heteroatoms. The Morgan fingerprint density at radius 3 is 2.79 bits per heavy atom. The van der Waals surface area contributed by atoms with Crippen LogP contribution in [-0.2, 0) is 17.8 Å². The van der Waals surface area contributed by atoms with Crippen molar-refractivity contribution in [3.05, 3.63) is 70.9 Å². The number of para-hydroxylation sites is 1. The molecule has 1 amide bonds. The monoisotopic (exact) mass is 391 g/mol. The Kier molecular flexibility index (Phi) is 5.58. The van der Waals surface area contributed by atoms with E-state index in [0.29, 0.717) is 19.4 Å². The zero-order valence-corrected chi connectivity index (χ0v) is 16.4. The molecule has 3 aromatic rings. The van der Waals surface area contributed by atoms with Gasteiger partial charge in [-0.25, -0.2) is 0 Å². The predicted molar refractivity (Wildman–Crippen MR) is 113 cm³/mol. The highest BCUT2D eigenvalue weighted by molar-refractivity contribution is 5.95. The lowest BCUT2D eigenvalue weighted by Gasteiger charge is -2.13. The quantitative estimate of drug-likeness (QED) is 0.535. The van der Waals surface area contributed by atoms with Crippen LogP contribution in [0.3, 0.4) is 0 Å². The Morgan fingerprint density at radius 2 is 2.03 bits per heavy atom. The first-order valence-corrected chi connectivity index (χ1v) is 9.83. The highest BCUT2D eigenvalue weighted by Gasteiger charge is 2.27. The molecule has 2 heterocycles. The first-order valence-electron chi connectivity index (χ1n) is 9.83. The van der Waals surface area contributed by atoms with Crippen LogP contribution in [0.15, 0.2) is 48.5 Å². The average molecular weight is 391 g/mol. The lowest BCUT2D eigenvalue weighted by molar-refractivity contribution is -0.117. The number of nitrogens with zero attached hydrogens (tertiary/aromatic N) is 1. The van der Waals surface area contributed by atoms with Gasteiger partial charge in [0.2, 0.25) is 5.91 Å². The molecule has 1 aliphatic heterocycles. The number of carbonyl (C=O) groups is 1. The van der Waals surface area contributed by atoms with Gasteiger partial charge in [-0.3, -0.25) is 9.78 Å². The van der Waals surface area contributed by atoms with Crippen LogP contribution in [0.25, 0.3) is 10.9 Å². The Labute approximate surface area is 169 Å². The molecular weight excluding hydrogens is 366 g/mol. The Morgan fingerprint density at radius 1 is 1.21 bits per heavy atom. The molecule has 0 saturated carbocycles. The zero-order valence-electron chi connectivity index (χ0n) is 16.4. The van der Waals surface area contributed by atoms with E-state index in [1.807, 2.05) is 55.5 Å². The van der Waals surface area contributed by atoms with Crippen LogP contribution in [-0.4, -0.2) is 39.8 Å². The molecule has 0 bridgehead atoms. The standard InChI is InChI=1S/C23H25N3O3/c1-14-8-17(13-27)20-7-3-5-16(22(20)25-14)9-15-4-2-6-18(10-15)26-23(29)21-11-19(28)12-24-21/h2-8,10,19,21,24,27-28H,9,11-13H2,1H3,(H,26,29)/t19-,21+/m1/s1. The van der Waals surface area contributed by atoms with E-state index < -0.39 is 6.10 Å². The Balaban J connectivity index is 1.57. The molecule has 29 heavy (non-hydrogen) atoms. The Hall–Kier alpha value is -2.80. The van der Waals surface area contributed by atoms with E-state index in [2.05, 4.69) is 10.6 Å². The van der Waals surface area contributed by atoms with Crippen LogP contribution in [0.4, 0.5) is 5.69 Å². The number of aromatic nitrogens is 1. The van der Waals surface area contributed by atoms with E-state index in [-0.39, 0.29) is 18.6 Å². The SMILES string of the molecule is Cc1cc(CO)c2cccc(Cc3cccc(NC(=O)[C@@H]4C[C@@H](O)CN4)c3)c2n1. The predicted octanol–water partition coefficient (Wildman–Crippen LogP) is 2.29. The number of rotatable bonds is 5. The smallest absolute Gasteiger partial charge is 0.241 e. The number of nitrogens with one attached hydrogen (secondary N) is 2. The zero-order chi connectivity index (χ0) is 20.4. The summed E-state index contributed by atoms with van der Waals surface area (Å²) in [5.41, 5.74) is 5.52. The van der Waals surface area contributed by atoms with E-state index in [1.165, 1.54) is 0 Å². The molecule has 0 aliphatic carbocycles. The molecule has 150 valence electrons. The fourth-order valence-electron chi connectivity index (χ4n) is 3.92. The molecule has 0 spiro atoms. The molecule has 1 fully saturated rings. The van der Waals surface area contributed by atoms with Gasteiger partial charge in [0.1, 0.15) is 0 Å². The molecule has 1 saturated heterocycles. The van der Waals surface area contributed by atoms with Crippen molar-refractivity contribution in [2.75, 3.05) is 11.9 Å². The first-order chi connectivity index (χ1) is 14.0. The third-order valence-electron chi connectivity index (χ3n) is 5.32. The topological polar surface area (TPSA) is 94.5 Å². The first kappa shape index (κ1) is 19.5. The van der Waals surface area contributed by atoms with Crippen LogP contribution in [0, 0.1) is 6.92 Å². The van der Waals surface area contributed by atoms with E-state index in [1.54, 1.807) is 0 Å². The van der Waals surface area contributed by atoms with Gasteiger partial charge in [-0.1, -0.05) is 30.3 Å². The molecule has 1 aromatic heterocycles. The summed E-state index contributed by atoms with van der Waals surface area (Å²) in [6.45, 7) is 2.36. The maximum absolute atomic E-state index is 12.4. The van der Waals surface area contributed by atoms with Gasteiger partial charge in [0.25, 0.3) is 0 Å². The van der Waals surface area contributed by atoms with Crippen molar-refractivity contribution in [3.8, 4) is 0 Å². The minimum absolute atomic E-state index is 0.0191. The van der Waals surface area contributed by atoms with Gasteiger partial charge >= 0.3 is 0 Å². The van der Waals surface area contributed by atoms with Crippen molar-refractivity contribution in [2.45, 2.75) is 38.5 Å². The van der Waals surface area contributed by atoms with E-state index in [4.69, 9.17) is 4.98 Å². The summed E-state index contributed by atoms with van der Waals surface area (Å²) in [5.74, 6) is -0.131. The second-order valence-corrected chi connectivity index (χ2v) is 7.61. The van der Waals surface area contributed by atoms with Crippen LogP contribution < -0.4 is 10.6 Å². The number of hydrogen-bond acceptors (Lipinski definition) is 5. The maximum Gasteiger partial charge on any atom is 0.241 e. The highest BCUT2D eigenvalue weighted by atomic mass is 16.3. The molecule has 1 aliphatic rings. The number of hydrogen-bond donors (Lipinski definition) is 4. The number of pyridine rings is 1. The third kappa shape index (κ3) is 4.29. The summed E-state index contributed by atoms with van der Waals surface area (Å²) in [4.78, 5) is 17.1. The van der Waals surface area contributed by atoms with Crippen molar-refractivity contribution >= 4 is 22.5 Å². The fraction of sp³-hybridized carbons (Fsp3) is 0.304. The summed E-state index contributed by atoms with van der Waals surface area (Å²) in [6, 6.07) is 15.3. The maximum atomic E-state index is 12.4. The number of anilines is 1. The lowest BCUT2D eigenvalue weighted by atomic mass is 9.99. The number of fused-ring (bicyclic) bond motifs is 1. The fourth-order valence-corrected chi connectivity index (χ4v) is 3.92. The number of β-amino-alcohol motifs (C(OH)–C–C–N with tert-alkyl or cyclic N) is 1. The number of aliphatic hydroxyl groups excluding tert-OH is 2. The summed E-state index contributed by atoms with van der Waals surface area (Å²) in [6.07, 6.45) is 0.630. The van der Waals surface area contributed by atoms with Gasteiger partial charge in [-0.2, -0.15) is 0 Å². The average Bonchev–Trinajstić information content (AvgIpc) is 3.15. The summed E-state index contributed by atoms with van der Waals surface area (Å²) < 4.78 is 0. The molecule has 2 atom stereocenters. The van der Waals surface area contributed by atoms with Gasteiger partial charge in [-0.15, -0.1) is 0 Å². The minimum Gasteiger partial charge on any atom is -0.392 e. The van der Waals surface area contributed by atoms with Crippen LogP contribution in [0.2, 0.25) is 0 Å². The van der Waals surface area contributed by atoms with Crippen molar-refractivity contribution in [3.63, 3.8) is 0 Å².